The summed E-state index contributed by atoms with van der Waals surface area (Å²) in [5.41, 5.74) is 5.43. The van der Waals surface area contributed by atoms with Crippen LogP contribution in [-0.2, 0) is 0 Å². The molecule has 0 aliphatic carbocycles. The van der Waals surface area contributed by atoms with Crippen LogP contribution in [0.4, 0.5) is 0 Å². The topological polar surface area (TPSA) is 86.7 Å². The first-order valence-corrected chi connectivity index (χ1v) is 3.55. The summed E-state index contributed by atoms with van der Waals surface area (Å²) in [5, 5.41) is 27.5. The summed E-state index contributed by atoms with van der Waals surface area (Å²) in [7, 11) is 0. The molecule has 0 saturated carbocycles. The van der Waals surface area contributed by atoms with Crippen LogP contribution < -0.4 is 5.73 Å². The van der Waals surface area contributed by atoms with Crippen LogP contribution in [0.5, 0.6) is 11.5 Å². The van der Waals surface area contributed by atoms with E-state index in [1.54, 1.807) is 0 Å². The fraction of sp³-hybridized carbons (Fsp3) is 0.250. The maximum atomic E-state index is 9.24. The zero-order valence-corrected chi connectivity index (χ0v) is 6.44. The summed E-state index contributed by atoms with van der Waals surface area (Å²) in [6.07, 6.45) is -0.933. The fourth-order valence-corrected chi connectivity index (χ4v) is 0.936. The first-order valence-electron chi connectivity index (χ1n) is 3.55. The predicted octanol–water partition coefficient (Wildman–Crippen LogP) is 0.0899. The standard InChI is InChI=1S/C8H11NO3/c9-4-8(12)6-3-5(10)1-2-7(6)11/h1-3,8,10-12H,4,9H2. The fourth-order valence-electron chi connectivity index (χ4n) is 0.936. The van der Waals surface area contributed by atoms with Crippen LogP contribution in [-0.4, -0.2) is 21.9 Å². The highest BCUT2D eigenvalue weighted by Crippen LogP contribution is 2.26. The average molecular weight is 169 g/mol. The Morgan fingerprint density at radius 1 is 1.33 bits per heavy atom. The molecule has 0 aromatic heterocycles. The van der Waals surface area contributed by atoms with Crippen molar-refractivity contribution in [3.05, 3.63) is 23.8 Å². The van der Waals surface area contributed by atoms with Crippen LogP contribution in [0.15, 0.2) is 18.2 Å². The van der Waals surface area contributed by atoms with Crippen LogP contribution in [0, 0.1) is 0 Å². The van der Waals surface area contributed by atoms with Crippen LogP contribution in [0.2, 0.25) is 0 Å². The summed E-state index contributed by atoms with van der Waals surface area (Å²) < 4.78 is 0. The SMILES string of the molecule is NCC(O)c1cc(O)ccc1O. The zero-order valence-electron chi connectivity index (χ0n) is 6.44. The van der Waals surface area contributed by atoms with E-state index >= 15 is 0 Å². The van der Waals surface area contributed by atoms with Crippen molar-refractivity contribution >= 4 is 0 Å². The van der Waals surface area contributed by atoms with E-state index in [4.69, 9.17) is 10.8 Å². The smallest absolute Gasteiger partial charge is 0.121 e. The number of phenolic OH excluding ortho intramolecular Hbond substituents is 2. The van der Waals surface area contributed by atoms with Gasteiger partial charge >= 0.3 is 0 Å². The number of aliphatic hydroxyl groups is 1. The molecule has 4 nitrogen and oxygen atoms in total. The summed E-state index contributed by atoms with van der Waals surface area (Å²) in [5.74, 6) is -0.0685. The number of hydrogen-bond donors (Lipinski definition) is 4. The molecule has 1 atom stereocenters. The molecule has 5 N–H and O–H groups in total. The Kier molecular flexibility index (Phi) is 2.52. The van der Waals surface area contributed by atoms with E-state index in [9.17, 15) is 10.2 Å². The molecule has 0 aliphatic rings. The molecule has 66 valence electrons. The van der Waals surface area contributed by atoms with Crippen molar-refractivity contribution < 1.29 is 15.3 Å². The third-order valence-corrected chi connectivity index (χ3v) is 1.59. The van der Waals surface area contributed by atoms with E-state index in [1.807, 2.05) is 0 Å². The van der Waals surface area contributed by atoms with Gasteiger partial charge in [-0.3, -0.25) is 0 Å². The Morgan fingerprint density at radius 3 is 2.58 bits per heavy atom. The Labute approximate surface area is 69.9 Å². The van der Waals surface area contributed by atoms with E-state index in [-0.39, 0.29) is 23.6 Å². The lowest BCUT2D eigenvalue weighted by molar-refractivity contribution is 0.182. The normalized spacial score (nSPS) is 12.8. The number of benzene rings is 1. The van der Waals surface area contributed by atoms with Crippen LogP contribution in [0.1, 0.15) is 11.7 Å². The first kappa shape index (κ1) is 8.83. The minimum absolute atomic E-state index is 0.00435. The summed E-state index contributed by atoms with van der Waals surface area (Å²) in [4.78, 5) is 0. The van der Waals surface area contributed by atoms with Gasteiger partial charge in [0.15, 0.2) is 0 Å². The van der Waals surface area contributed by atoms with Crippen molar-refractivity contribution in [2.75, 3.05) is 6.54 Å². The maximum absolute atomic E-state index is 9.24. The molecule has 0 amide bonds. The molecule has 4 heteroatoms. The molecule has 1 unspecified atom stereocenters. The van der Waals surface area contributed by atoms with E-state index < -0.39 is 6.10 Å². The summed E-state index contributed by atoms with van der Waals surface area (Å²) in [6.45, 7) is 0.0109. The van der Waals surface area contributed by atoms with Gasteiger partial charge in [0.2, 0.25) is 0 Å². The molecule has 1 aromatic rings. The average Bonchev–Trinajstić information content (AvgIpc) is 2.08. The van der Waals surface area contributed by atoms with Crippen LogP contribution in [0.25, 0.3) is 0 Å². The summed E-state index contributed by atoms with van der Waals surface area (Å²) >= 11 is 0. The van der Waals surface area contributed by atoms with Crippen LogP contribution in [0.3, 0.4) is 0 Å². The second-order valence-corrected chi connectivity index (χ2v) is 2.49. The van der Waals surface area contributed by atoms with Gasteiger partial charge in [-0.05, 0) is 18.2 Å². The number of nitrogens with two attached hydrogens (primary N) is 1. The Balaban J connectivity index is 3.04. The van der Waals surface area contributed by atoms with Gasteiger partial charge in [-0.25, -0.2) is 0 Å². The second kappa shape index (κ2) is 3.42. The Hall–Kier alpha value is -1.26. The molecule has 1 aromatic carbocycles. The van der Waals surface area contributed by atoms with Crippen LogP contribution >= 0.6 is 0 Å². The highest BCUT2D eigenvalue weighted by atomic mass is 16.3. The van der Waals surface area contributed by atoms with Crippen molar-refractivity contribution in [1.82, 2.24) is 0 Å². The highest BCUT2D eigenvalue weighted by Gasteiger charge is 2.10. The molecule has 0 radical (unpaired) electrons. The van der Waals surface area contributed by atoms with Crippen molar-refractivity contribution in [2.45, 2.75) is 6.10 Å². The lowest BCUT2D eigenvalue weighted by Gasteiger charge is -2.09. The van der Waals surface area contributed by atoms with E-state index in [1.165, 1.54) is 18.2 Å². The molecule has 0 spiro atoms. The molecule has 0 saturated heterocycles. The predicted molar refractivity (Wildman–Crippen MR) is 43.8 cm³/mol. The van der Waals surface area contributed by atoms with Gasteiger partial charge in [0.1, 0.15) is 11.5 Å². The zero-order chi connectivity index (χ0) is 9.14. The van der Waals surface area contributed by atoms with Gasteiger partial charge < -0.3 is 21.1 Å². The van der Waals surface area contributed by atoms with Gasteiger partial charge in [0.05, 0.1) is 6.10 Å². The van der Waals surface area contributed by atoms with Gasteiger partial charge in [-0.15, -0.1) is 0 Å². The number of hydrogen-bond acceptors (Lipinski definition) is 4. The lowest BCUT2D eigenvalue weighted by Crippen LogP contribution is -2.11. The Morgan fingerprint density at radius 2 is 2.00 bits per heavy atom. The highest BCUT2D eigenvalue weighted by molar-refractivity contribution is 5.40. The minimum Gasteiger partial charge on any atom is -0.508 e. The number of rotatable bonds is 2. The van der Waals surface area contributed by atoms with Crippen molar-refractivity contribution in [2.24, 2.45) is 5.73 Å². The van der Waals surface area contributed by atoms with Gasteiger partial charge in [-0.2, -0.15) is 0 Å². The second-order valence-electron chi connectivity index (χ2n) is 2.49. The monoisotopic (exact) mass is 169 g/mol. The van der Waals surface area contributed by atoms with Crippen molar-refractivity contribution in [3.8, 4) is 11.5 Å². The quantitative estimate of drug-likeness (QED) is 0.472. The third kappa shape index (κ3) is 1.66. The molecule has 1 rings (SSSR count). The van der Waals surface area contributed by atoms with Gasteiger partial charge in [0.25, 0.3) is 0 Å². The molecule has 12 heavy (non-hydrogen) atoms. The van der Waals surface area contributed by atoms with Crippen molar-refractivity contribution in [3.63, 3.8) is 0 Å². The molecular weight excluding hydrogens is 158 g/mol. The summed E-state index contributed by atoms with van der Waals surface area (Å²) in [6, 6.07) is 3.93. The molecule has 0 heterocycles. The van der Waals surface area contributed by atoms with E-state index in [0.717, 1.165) is 0 Å². The largest absolute Gasteiger partial charge is 0.508 e. The first-order chi connectivity index (χ1) is 5.65. The maximum Gasteiger partial charge on any atom is 0.121 e. The number of aliphatic hydroxyl groups excluding tert-OH is 1. The number of phenols is 2. The lowest BCUT2D eigenvalue weighted by atomic mass is 10.1. The minimum atomic E-state index is -0.933. The molecule has 0 bridgehead atoms. The Bertz CT molecular complexity index is 275. The van der Waals surface area contributed by atoms with E-state index in [0.29, 0.717) is 0 Å². The van der Waals surface area contributed by atoms with Gasteiger partial charge in [-0.1, -0.05) is 0 Å². The molecule has 0 aliphatic heterocycles. The molecule has 0 fully saturated rings. The van der Waals surface area contributed by atoms with Crippen molar-refractivity contribution in [1.29, 1.82) is 0 Å². The number of aromatic hydroxyl groups is 2. The molecular formula is C8H11NO3. The van der Waals surface area contributed by atoms with Gasteiger partial charge in [0, 0.05) is 12.1 Å². The van der Waals surface area contributed by atoms with E-state index in [2.05, 4.69) is 0 Å². The third-order valence-electron chi connectivity index (χ3n) is 1.59.